The van der Waals surface area contributed by atoms with E-state index in [4.69, 9.17) is 0 Å². The van der Waals surface area contributed by atoms with Crippen molar-refractivity contribution in [2.45, 2.75) is 19.9 Å². The lowest BCUT2D eigenvalue weighted by molar-refractivity contribution is 0.673. The average Bonchev–Trinajstić information content (AvgIpc) is 2.53. The minimum absolute atomic E-state index is 0.754. The molecular formula is C18H19N3. The van der Waals surface area contributed by atoms with Crippen LogP contribution in [0.15, 0.2) is 54.7 Å². The van der Waals surface area contributed by atoms with Crippen LogP contribution in [0.25, 0.3) is 11.0 Å². The van der Waals surface area contributed by atoms with Gasteiger partial charge in [0, 0.05) is 6.54 Å². The molecule has 0 atom stereocenters. The van der Waals surface area contributed by atoms with Crippen LogP contribution in [-0.2, 0) is 13.0 Å². The molecule has 0 radical (unpaired) electrons. The lowest BCUT2D eigenvalue weighted by Crippen LogP contribution is -2.18. The second kappa shape index (κ2) is 6.46. The van der Waals surface area contributed by atoms with Crippen LogP contribution in [0.5, 0.6) is 0 Å². The summed E-state index contributed by atoms with van der Waals surface area (Å²) >= 11 is 0. The van der Waals surface area contributed by atoms with Crippen LogP contribution in [0.2, 0.25) is 0 Å². The van der Waals surface area contributed by atoms with Crippen LogP contribution in [0, 0.1) is 6.92 Å². The van der Waals surface area contributed by atoms with Crippen LogP contribution in [0.4, 0.5) is 0 Å². The molecule has 0 aliphatic heterocycles. The van der Waals surface area contributed by atoms with Crippen molar-refractivity contribution < 1.29 is 0 Å². The number of nitrogens with zero attached hydrogens (tertiary/aromatic N) is 2. The summed E-state index contributed by atoms with van der Waals surface area (Å²) in [5, 5.41) is 3.44. The predicted molar refractivity (Wildman–Crippen MR) is 86.1 cm³/mol. The lowest BCUT2D eigenvalue weighted by Gasteiger charge is -2.07. The monoisotopic (exact) mass is 277 g/mol. The predicted octanol–water partition coefficient (Wildman–Crippen LogP) is 3.27. The van der Waals surface area contributed by atoms with Crippen LogP contribution in [-0.4, -0.2) is 16.5 Å². The largest absolute Gasteiger partial charge is 0.311 e. The maximum atomic E-state index is 4.61. The smallest absolute Gasteiger partial charge is 0.0890 e. The highest BCUT2D eigenvalue weighted by Gasteiger charge is 2.00. The first-order chi connectivity index (χ1) is 10.3. The summed E-state index contributed by atoms with van der Waals surface area (Å²) in [6.07, 6.45) is 2.89. The van der Waals surface area contributed by atoms with Gasteiger partial charge in [0.15, 0.2) is 0 Å². The number of benzene rings is 2. The number of hydrogen-bond acceptors (Lipinski definition) is 3. The highest BCUT2D eigenvalue weighted by Crippen LogP contribution is 2.09. The summed E-state index contributed by atoms with van der Waals surface area (Å²) in [4.78, 5) is 9.04. The fourth-order valence-electron chi connectivity index (χ4n) is 2.41. The first-order valence-electron chi connectivity index (χ1n) is 7.29. The highest BCUT2D eigenvalue weighted by atomic mass is 14.9. The number of aryl methyl sites for hydroxylation is 1. The summed E-state index contributed by atoms with van der Waals surface area (Å²) in [6, 6.07) is 16.5. The molecule has 3 heteroatoms. The van der Waals surface area contributed by atoms with Crippen molar-refractivity contribution in [3.63, 3.8) is 0 Å². The van der Waals surface area contributed by atoms with E-state index in [1.165, 1.54) is 11.1 Å². The summed E-state index contributed by atoms with van der Waals surface area (Å²) in [6.45, 7) is 3.85. The number of hydrogen-bond donors (Lipinski definition) is 1. The molecule has 1 N–H and O–H groups in total. The Hall–Kier alpha value is -2.26. The topological polar surface area (TPSA) is 37.8 Å². The van der Waals surface area contributed by atoms with Crippen molar-refractivity contribution in [3.05, 3.63) is 71.5 Å². The zero-order chi connectivity index (χ0) is 14.5. The molecule has 1 aromatic heterocycles. The standard InChI is InChI=1S/C18H19N3/c1-14-6-2-3-7-15(14)10-11-19-12-16-13-20-17-8-4-5-9-18(17)21-16/h2-9,13,19H,10-12H2,1H3. The lowest BCUT2D eigenvalue weighted by atomic mass is 10.1. The van der Waals surface area contributed by atoms with E-state index in [1.54, 1.807) is 0 Å². The van der Waals surface area contributed by atoms with Crippen molar-refractivity contribution in [1.29, 1.82) is 0 Å². The van der Waals surface area contributed by atoms with Gasteiger partial charge in [-0.15, -0.1) is 0 Å². The van der Waals surface area contributed by atoms with Crippen LogP contribution < -0.4 is 5.32 Å². The number of aromatic nitrogens is 2. The first-order valence-corrected chi connectivity index (χ1v) is 7.29. The molecule has 0 fully saturated rings. The van der Waals surface area contributed by atoms with Crippen molar-refractivity contribution in [3.8, 4) is 0 Å². The van der Waals surface area contributed by atoms with Gasteiger partial charge >= 0.3 is 0 Å². The van der Waals surface area contributed by atoms with Crippen LogP contribution in [0.3, 0.4) is 0 Å². The Morgan fingerprint density at radius 3 is 2.57 bits per heavy atom. The SMILES string of the molecule is Cc1ccccc1CCNCc1cnc2ccccc2n1. The van der Waals surface area contributed by atoms with Gasteiger partial charge in [0.25, 0.3) is 0 Å². The minimum atomic E-state index is 0.754. The van der Waals surface area contributed by atoms with Gasteiger partial charge in [-0.2, -0.15) is 0 Å². The fourth-order valence-corrected chi connectivity index (χ4v) is 2.41. The molecule has 0 saturated heterocycles. The number of rotatable bonds is 5. The Balaban J connectivity index is 1.56. The van der Waals surface area contributed by atoms with Crippen molar-refractivity contribution in [2.75, 3.05) is 6.54 Å². The molecule has 21 heavy (non-hydrogen) atoms. The van der Waals surface area contributed by atoms with E-state index >= 15 is 0 Å². The van der Waals surface area contributed by atoms with Gasteiger partial charge < -0.3 is 5.32 Å². The fraction of sp³-hybridized carbons (Fsp3) is 0.222. The molecule has 3 nitrogen and oxygen atoms in total. The summed E-state index contributed by atoms with van der Waals surface area (Å²) in [7, 11) is 0. The maximum Gasteiger partial charge on any atom is 0.0890 e. The molecule has 3 rings (SSSR count). The molecule has 0 unspecified atom stereocenters. The molecule has 106 valence electrons. The molecule has 0 saturated carbocycles. The molecule has 0 amide bonds. The van der Waals surface area contributed by atoms with E-state index in [9.17, 15) is 0 Å². The molecular weight excluding hydrogens is 258 g/mol. The normalized spacial score (nSPS) is 10.9. The Kier molecular flexibility index (Phi) is 4.22. The number of nitrogens with one attached hydrogen (secondary N) is 1. The van der Waals surface area contributed by atoms with E-state index in [-0.39, 0.29) is 0 Å². The molecule has 0 aliphatic carbocycles. The average molecular weight is 277 g/mol. The first kappa shape index (κ1) is 13.7. The van der Waals surface area contributed by atoms with E-state index in [2.05, 4.69) is 46.5 Å². The van der Waals surface area contributed by atoms with Gasteiger partial charge in [-0.25, -0.2) is 4.98 Å². The maximum absolute atomic E-state index is 4.61. The molecule has 1 heterocycles. The molecule has 0 aliphatic rings. The quantitative estimate of drug-likeness (QED) is 0.727. The van der Waals surface area contributed by atoms with Crippen molar-refractivity contribution in [2.24, 2.45) is 0 Å². The van der Waals surface area contributed by atoms with E-state index in [0.717, 1.165) is 36.2 Å². The Labute approximate surface area is 125 Å². The van der Waals surface area contributed by atoms with Gasteiger partial charge in [-0.05, 0) is 43.1 Å². The minimum Gasteiger partial charge on any atom is -0.311 e. The summed E-state index contributed by atoms with van der Waals surface area (Å²) in [5.41, 5.74) is 5.63. The third kappa shape index (κ3) is 3.44. The van der Waals surface area contributed by atoms with Gasteiger partial charge in [-0.1, -0.05) is 36.4 Å². The summed E-state index contributed by atoms with van der Waals surface area (Å²) in [5.74, 6) is 0. The van der Waals surface area contributed by atoms with E-state index < -0.39 is 0 Å². The summed E-state index contributed by atoms with van der Waals surface area (Å²) < 4.78 is 0. The van der Waals surface area contributed by atoms with Gasteiger partial charge in [0.05, 0.1) is 22.9 Å². The molecule has 0 bridgehead atoms. The second-order valence-electron chi connectivity index (χ2n) is 5.20. The Morgan fingerprint density at radius 2 is 1.71 bits per heavy atom. The molecule has 0 spiro atoms. The Morgan fingerprint density at radius 1 is 0.952 bits per heavy atom. The third-order valence-electron chi connectivity index (χ3n) is 3.64. The van der Waals surface area contributed by atoms with Gasteiger partial charge in [-0.3, -0.25) is 4.98 Å². The number of fused-ring (bicyclic) bond motifs is 1. The molecule has 2 aromatic carbocycles. The highest BCUT2D eigenvalue weighted by molar-refractivity contribution is 5.73. The molecule has 3 aromatic rings. The zero-order valence-corrected chi connectivity index (χ0v) is 12.2. The second-order valence-corrected chi connectivity index (χ2v) is 5.20. The van der Waals surface area contributed by atoms with Crippen LogP contribution in [0.1, 0.15) is 16.8 Å². The van der Waals surface area contributed by atoms with Gasteiger partial charge in [0.2, 0.25) is 0 Å². The van der Waals surface area contributed by atoms with Crippen molar-refractivity contribution >= 4 is 11.0 Å². The number of para-hydroxylation sites is 2. The third-order valence-corrected chi connectivity index (χ3v) is 3.64. The van der Waals surface area contributed by atoms with Crippen LogP contribution >= 0.6 is 0 Å². The van der Waals surface area contributed by atoms with E-state index in [0.29, 0.717) is 0 Å². The van der Waals surface area contributed by atoms with Crippen molar-refractivity contribution in [1.82, 2.24) is 15.3 Å². The van der Waals surface area contributed by atoms with Gasteiger partial charge in [0.1, 0.15) is 0 Å². The van der Waals surface area contributed by atoms with E-state index in [1.807, 2.05) is 30.5 Å². The Bertz CT molecular complexity index is 737. The zero-order valence-electron chi connectivity index (χ0n) is 12.2.